The number of pyridine rings is 1. The lowest BCUT2D eigenvalue weighted by Gasteiger charge is -2.09. The van der Waals surface area contributed by atoms with Crippen molar-refractivity contribution in [1.82, 2.24) is 19.9 Å². The second-order valence-corrected chi connectivity index (χ2v) is 9.01. The molecular formula is C22H17N5O3S2. The molecule has 160 valence electrons. The van der Waals surface area contributed by atoms with Crippen LogP contribution in [0.4, 0.5) is 16.2 Å². The normalized spacial score (nSPS) is 11.2. The molecule has 32 heavy (non-hydrogen) atoms. The van der Waals surface area contributed by atoms with Crippen molar-refractivity contribution in [2.75, 3.05) is 12.4 Å². The Labute approximate surface area is 190 Å². The molecule has 0 aliphatic rings. The first-order chi connectivity index (χ1) is 15.4. The van der Waals surface area contributed by atoms with Crippen LogP contribution in [0.3, 0.4) is 0 Å². The van der Waals surface area contributed by atoms with E-state index in [0.717, 1.165) is 43.1 Å². The summed E-state index contributed by atoms with van der Waals surface area (Å²) in [5.41, 5.74) is 4.32. The van der Waals surface area contributed by atoms with Gasteiger partial charge < -0.3 is 15.7 Å². The number of anilines is 2. The van der Waals surface area contributed by atoms with Gasteiger partial charge in [0.2, 0.25) is 0 Å². The average Bonchev–Trinajstić information content (AvgIpc) is 3.49. The number of carbonyl (C=O) groups excluding carboxylic acids is 1. The van der Waals surface area contributed by atoms with E-state index in [1.165, 1.54) is 28.1 Å². The molecule has 0 atom stereocenters. The molecule has 0 unspecified atom stereocenters. The fourth-order valence-electron chi connectivity index (χ4n) is 3.60. The highest BCUT2D eigenvalue weighted by Gasteiger charge is 2.15. The van der Waals surface area contributed by atoms with E-state index in [1.807, 2.05) is 43.3 Å². The Balaban J connectivity index is 1.51. The van der Waals surface area contributed by atoms with Crippen LogP contribution in [0.2, 0.25) is 0 Å². The first-order valence-electron chi connectivity index (χ1n) is 9.63. The number of nitrogens with one attached hydrogen (secondary N) is 2. The Bertz CT molecular complexity index is 1510. The summed E-state index contributed by atoms with van der Waals surface area (Å²) < 4.78 is 2.60. The number of aromatic carboxylic acids is 1. The van der Waals surface area contributed by atoms with Crippen LogP contribution in [-0.4, -0.2) is 38.7 Å². The smallest absolute Gasteiger partial charge is 0.355 e. The third-order valence-electron chi connectivity index (χ3n) is 5.03. The van der Waals surface area contributed by atoms with Gasteiger partial charge in [0, 0.05) is 35.4 Å². The van der Waals surface area contributed by atoms with Gasteiger partial charge >= 0.3 is 12.0 Å². The van der Waals surface area contributed by atoms with E-state index in [0.29, 0.717) is 5.01 Å². The molecule has 3 N–H and O–H groups in total. The molecule has 0 radical (unpaired) electrons. The monoisotopic (exact) mass is 463 g/mol. The molecule has 5 rings (SSSR count). The molecule has 4 aromatic heterocycles. The summed E-state index contributed by atoms with van der Waals surface area (Å²) >= 11 is 2.81. The molecule has 10 heteroatoms. The maximum absolute atomic E-state index is 12.2. The van der Waals surface area contributed by atoms with Crippen molar-refractivity contribution in [2.24, 2.45) is 0 Å². The first-order valence-corrected chi connectivity index (χ1v) is 11.3. The molecule has 4 heterocycles. The Morgan fingerprint density at radius 3 is 2.75 bits per heavy atom. The van der Waals surface area contributed by atoms with Crippen LogP contribution in [0.15, 0.2) is 48.0 Å². The number of carboxylic acid groups (broad SMARTS) is 1. The summed E-state index contributed by atoms with van der Waals surface area (Å²) in [6.45, 7) is 1.90. The van der Waals surface area contributed by atoms with Gasteiger partial charge in [0.25, 0.3) is 0 Å². The standard InChI is InChI=1S/C22H17N5O3S2/c1-11-7-12-8-13(3-4-17(12)27(11)22(30)23-2)25-14-5-6-24-15-9-18(32-19(14)15)20-26-16(10-31-20)21(28)29/h3-10H,1-2H3,(H,23,30)(H,24,25)(H,28,29). The van der Waals surface area contributed by atoms with Crippen molar-refractivity contribution in [3.8, 4) is 9.88 Å². The lowest BCUT2D eigenvalue weighted by atomic mass is 10.2. The van der Waals surface area contributed by atoms with Gasteiger partial charge in [0.1, 0.15) is 5.01 Å². The summed E-state index contributed by atoms with van der Waals surface area (Å²) in [6.07, 6.45) is 1.73. The van der Waals surface area contributed by atoms with Crippen LogP contribution in [0.1, 0.15) is 16.2 Å². The number of aromatic nitrogens is 3. The minimum atomic E-state index is -1.04. The van der Waals surface area contributed by atoms with Crippen LogP contribution in [0, 0.1) is 6.92 Å². The van der Waals surface area contributed by atoms with E-state index in [9.17, 15) is 9.59 Å². The SMILES string of the molecule is CNC(=O)n1c(C)cc2cc(Nc3ccnc4cc(-c5nc(C(=O)O)cs5)sc34)ccc21. The van der Waals surface area contributed by atoms with Crippen LogP contribution < -0.4 is 10.6 Å². The minimum Gasteiger partial charge on any atom is -0.476 e. The van der Waals surface area contributed by atoms with Crippen molar-refractivity contribution in [1.29, 1.82) is 0 Å². The molecule has 0 bridgehead atoms. The number of fused-ring (bicyclic) bond motifs is 2. The van der Waals surface area contributed by atoms with Gasteiger partial charge in [0.15, 0.2) is 5.69 Å². The Morgan fingerprint density at radius 2 is 2.00 bits per heavy atom. The second-order valence-electron chi connectivity index (χ2n) is 7.10. The van der Waals surface area contributed by atoms with E-state index in [1.54, 1.807) is 17.8 Å². The lowest BCUT2D eigenvalue weighted by molar-refractivity contribution is 0.0691. The Hall–Kier alpha value is -3.76. The fraction of sp³-hybridized carbons (Fsp3) is 0.0909. The quantitative estimate of drug-likeness (QED) is 0.333. The van der Waals surface area contributed by atoms with Crippen LogP contribution in [0.5, 0.6) is 0 Å². The number of carbonyl (C=O) groups is 2. The van der Waals surface area contributed by atoms with E-state index < -0.39 is 5.97 Å². The molecule has 0 spiro atoms. The van der Waals surface area contributed by atoms with Gasteiger partial charge in [-0.15, -0.1) is 22.7 Å². The van der Waals surface area contributed by atoms with Crippen molar-refractivity contribution in [3.05, 3.63) is 59.4 Å². The number of hydrogen-bond acceptors (Lipinski definition) is 7. The van der Waals surface area contributed by atoms with E-state index >= 15 is 0 Å². The van der Waals surface area contributed by atoms with Crippen LogP contribution >= 0.6 is 22.7 Å². The first kappa shape index (κ1) is 20.2. The molecule has 1 aromatic carbocycles. The van der Waals surface area contributed by atoms with Gasteiger partial charge in [-0.3, -0.25) is 9.55 Å². The van der Waals surface area contributed by atoms with Crippen molar-refractivity contribution in [2.45, 2.75) is 6.92 Å². The number of thiazole rings is 1. The molecule has 1 amide bonds. The third kappa shape index (κ3) is 3.39. The molecule has 0 aliphatic heterocycles. The maximum atomic E-state index is 12.2. The van der Waals surface area contributed by atoms with Crippen molar-refractivity contribution >= 4 is 67.2 Å². The highest BCUT2D eigenvalue weighted by molar-refractivity contribution is 7.26. The third-order valence-corrected chi connectivity index (χ3v) is 7.20. The summed E-state index contributed by atoms with van der Waals surface area (Å²) in [5, 5.41) is 18.4. The van der Waals surface area contributed by atoms with E-state index in [4.69, 9.17) is 5.11 Å². The highest BCUT2D eigenvalue weighted by Crippen LogP contribution is 2.39. The molecule has 8 nitrogen and oxygen atoms in total. The largest absolute Gasteiger partial charge is 0.476 e. The van der Waals surface area contributed by atoms with E-state index in [2.05, 4.69) is 20.6 Å². The Kier molecular flexibility index (Phi) is 4.87. The number of rotatable bonds is 4. The maximum Gasteiger partial charge on any atom is 0.355 e. The number of thiophene rings is 1. The number of benzene rings is 1. The zero-order valence-electron chi connectivity index (χ0n) is 17.0. The van der Waals surface area contributed by atoms with Gasteiger partial charge in [-0.05, 0) is 43.3 Å². The molecule has 0 fully saturated rings. The fourth-order valence-corrected chi connectivity index (χ4v) is 5.54. The highest BCUT2D eigenvalue weighted by atomic mass is 32.1. The lowest BCUT2D eigenvalue weighted by Crippen LogP contribution is -2.25. The Morgan fingerprint density at radius 1 is 1.16 bits per heavy atom. The summed E-state index contributed by atoms with van der Waals surface area (Å²) in [5.74, 6) is -1.04. The predicted molar refractivity (Wildman–Crippen MR) is 127 cm³/mol. The van der Waals surface area contributed by atoms with Crippen molar-refractivity contribution in [3.63, 3.8) is 0 Å². The molecule has 5 aromatic rings. The minimum absolute atomic E-state index is 0.0426. The zero-order valence-corrected chi connectivity index (χ0v) is 18.7. The van der Waals surface area contributed by atoms with Crippen LogP contribution in [0.25, 0.3) is 31.0 Å². The van der Waals surface area contributed by atoms with Gasteiger partial charge in [-0.1, -0.05) is 0 Å². The summed E-state index contributed by atoms with van der Waals surface area (Å²) in [6, 6.07) is 11.5. The average molecular weight is 464 g/mol. The number of hydrogen-bond donors (Lipinski definition) is 3. The number of carboxylic acids is 1. The predicted octanol–water partition coefficient (Wildman–Crippen LogP) is 5.31. The van der Waals surface area contributed by atoms with Crippen LogP contribution in [-0.2, 0) is 0 Å². The van der Waals surface area contributed by atoms with E-state index in [-0.39, 0.29) is 11.7 Å². The molecule has 0 saturated carbocycles. The number of amides is 1. The van der Waals surface area contributed by atoms with Crippen molar-refractivity contribution < 1.29 is 14.7 Å². The number of aryl methyl sites for hydroxylation is 1. The zero-order chi connectivity index (χ0) is 22.4. The summed E-state index contributed by atoms with van der Waals surface area (Å²) in [7, 11) is 1.61. The van der Waals surface area contributed by atoms with Gasteiger partial charge in [-0.25, -0.2) is 14.6 Å². The summed E-state index contributed by atoms with van der Waals surface area (Å²) in [4.78, 5) is 32.8. The second kappa shape index (κ2) is 7.74. The molecule has 0 saturated heterocycles. The van der Waals surface area contributed by atoms with Gasteiger partial charge in [0.05, 0.1) is 26.3 Å². The van der Waals surface area contributed by atoms with Gasteiger partial charge in [-0.2, -0.15) is 0 Å². The topological polar surface area (TPSA) is 109 Å². The molecule has 0 aliphatic carbocycles. The number of nitrogens with zero attached hydrogens (tertiary/aromatic N) is 3. The molecular weight excluding hydrogens is 446 g/mol.